The molecule has 0 unspecified atom stereocenters. The van der Waals surface area contributed by atoms with Crippen molar-refractivity contribution in [2.75, 3.05) is 13.1 Å². The van der Waals surface area contributed by atoms with Gasteiger partial charge in [0.25, 0.3) is 5.91 Å². The van der Waals surface area contributed by atoms with Crippen LogP contribution in [0.1, 0.15) is 73.1 Å². The number of benzene rings is 2. The minimum absolute atomic E-state index is 0.0247. The lowest BCUT2D eigenvalue weighted by molar-refractivity contribution is 0.0619. The van der Waals surface area contributed by atoms with E-state index in [9.17, 15) is 4.79 Å². The van der Waals surface area contributed by atoms with Gasteiger partial charge >= 0.3 is 0 Å². The number of nitrogens with one attached hydrogen (secondary N) is 1. The van der Waals surface area contributed by atoms with Crippen LogP contribution in [0.3, 0.4) is 0 Å². The van der Waals surface area contributed by atoms with Crippen molar-refractivity contribution in [1.29, 1.82) is 0 Å². The van der Waals surface area contributed by atoms with Crippen molar-refractivity contribution >= 4 is 5.91 Å². The molecule has 2 heterocycles. The van der Waals surface area contributed by atoms with Crippen LogP contribution in [-0.2, 0) is 6.54 Å². The number of fused-ring (bicyclic) bond motifs is 1. The molecule has 1 N–H and O–H groups in total. The molecule has 0 radical (unpaired) electrons. The first-order valence-corrected chi connectivity index (χ1v) is 11.2. The van der Waals surface area contributed by atoms with Crippen LogP contribution < -0.4 is 10.1 Å². The zero-order valence-corrected chi connectivity index (χ0v) is 18.7. The Labute approximate surface area is 180 Å². The third-order valence-electron chi connectivity index (χ3n) is 6.29. The maximum Gasteiger partial charge on any atom is 0.251 e. The lowest BCUT2D eigenvalue weighted by atomic mass is 9.88. The molecule has 30 heavy (non-hydrogen) atoms. The number of likely N-dealkylation sites (tertiary alicyclic amines) is 1. The van der Waals surface area contributed by atoms with E-state index in [2.05, 4.69) is 62.2 Å². The summed E-state index contributed by atoms with van der Waals surface area (Å²) in [5.74, 6) is 1.62. The Morgan fingerprint density at radius 2 is 1.97 bits per heavy atom. The van der Waals surface area contributed by atoms with Crippen LogP contribution in [0.2, 0.25) is 0 Å². The molecule has 1 fully saturated rings. The number of ether oxygens (including phenoxy) is 1. The summed E-state index contributed by atoms with van der Waals surface area (Å²) >= 11 is 0. The highest BCUT2D eigenvalue weighted by molar-refractivity contribution is 5.94. The van der Waals surface area contributed by atoms with Gasteiger partial charge in [-0.25, -0.2) is 0 Å². The topological polar surface area (TPSA) is 41.6 Å². The van der Waals surface area contributed by atoms with E-state index >= 15 is 0 Å². The van der Waals surface area contributed by atoms with Gasteiger partial charge in [0, 0.05) is 30.6 Å². The Morgan fingerprint density at radius 3 is 2.70 bits per heavy atom. The summed E-state index contributed by atoms with van der Waals surface area (Å²) in [6, 6.07) is 14.3. The fourth-order valence-corrected chi connectivity index (χ4v) is 4.79. The Kier molecular flexibility index (Phi) is 5.88. The number of carbonyl (C=O) groups is 1. The molecule has 0 bridgehead atoms. The second-order valence-corrected chi connectivity index (χ2v) is 9.81. The van der Waals surface area contributed by atoms with Crippen LogP contribution >= 0.6 is 0 Å². The van der Waals surface area contributed by atoms with Gasteiger partial charge in [-0.3, -0.25) is 9.69 Å². The third-order valence-corrected chi connectivity index (χ3v) is 6.29. The number of hydrogen-bond donors (Lipinski definition) is 1. The summed E-state index contributed by atoms with van der Waals surface area (Å²) in [5.41, 5.74) is 3.92. The predicted octanol–water partition coefficient (Wildman–Crippen LogP) is 5.26. The molecular weight excluding hydrogens is 372 g/mol. The van der Waals surface area contributed by atoms with Gasteiger partial charge < -0.3 is 10.1 Å². The van der Waals surface area contributed by atoms with Crippen LogP contribution in [-0.4, -0.2) is 29.5 Å². The van der Waals surface area contributed by atoms with Gasteiger partial charge in [-0.05, 0) is 69.8 Å². The summed E-state index contributed by atoms with van der Waals surface area (Å²) in [4.78, 5) is 15.5. The summed E-state index contributed by atoms with van der Waals surface area (Å²) in [5, 5.41) is 3.25. The summed E-state index contributed by atoms with van der Waals surface area (Å²) in [6.07, 6.45) is 3.37. The first-order valence-electron chi connectivity index (χ1n) is 11.2. The minimum Gasteiger partial charge on any atom is -0.487 e. The van der Waals surface area contributed by atoms with Crippen molar-refractivity contribution in [2.45, 2.75) is 65.1 Å². The SMILES string of the molecule is Cc1ccc2c(c1)[C@@H](NC(=O)c1ccc(CN3CCC[C@@H](C)C3)cc1)CC(C)(C)O2. The van der Waals surface area contributed by atoms with E-state index in [1.807, 2.05) is 18.2 Å². The monoisotopic (exact) mass is 406 g/mol. The van der Waals surface area contributed by atoms with Gasteiger partial charge in [0.05, 0.1) is 6.04 Å². The molecule has 0 spiro atoms. The van der Waals surface area contributed by atoms with Crippen LogP contribution in [0.25, 0.3) is 0 Å². The van der Waals surface area contributed by atoms with Crippen molar-refractivity contribution in [3.8, 4) is 5.75 Å². The van der Waals surface area contributed by atoms with Gasteiger partial charge in [0.1, 0.15) is 11.4 Å². The van der Waals surface area contributed by atoms with Crippen molar-refractivity contribution in [1.82, 2.24) is 10.2 Å². The van der Waals surface area contributed by atoms with E-state index in [0.717, 1.165) is 30.2 Å². The molecule has 1 saturated heterocycles. The highest BCUT2D eigenvalue weighted by atomic mass is 16.5. The molecule has 2 aliphatic heterocycles. The highest BCUT2D eigenvalue weighted by Crippen LogP contribution is 2.40. The van der Waals surface area contributed by atoms with Crippen molar-refractivity contribution < 1.29 is 9.53 Å². The Bertz CT molecular complexity index is 904. The second-order valence-electron chi connectivity index (χ2n) is 9.81. The van der Waals surface area contributed by atoms with Crippen molar-refractivity contribution in [2.24, 2.45) is 5.92 Å². The number of nitrogens with zero attached hydrogens (tertiary/aromatic N) is 1. The fourth-order valence-electron chi connectivity index (χ4n) is 4.79. The quantitative estimate of drug-likeness (QED) is 0.753. The van der Waals surface area contributed by atoms with E-state index in [-0.39, 0.29) is 17.6 Å². The third kappa shape index (κ3) is 4.86. The largest absolute Gasteiger partial charge is 0.487 e. The number of carbonyl (C=O) groups excluding carboxylic acids is 1. The summed E-state index contributed by atoms with van der Waals surface area (Å²) in [7, 11) is 0. The number of aryl methyl sites for hydroxylation is 1. The minimum atomic E-state index is -0.310. The van der Waals surface area contributed by atoms with E-state index < -0.39 is 0 Å². The summed E-state index contributed by atoms with van der Waals surface area (Å²) < 4.78 is 6.13. The molecule has 4 heteroatoms. The van der Waals surface area contributed by atoms with E-state index in [4.69, 9.17) is 4.74 Å². The highest BCUT2D eigenvalue weighted by Gasteiger charge is 2.34. The maximum atomic E-state index is 13.0. The number of hydrogen-bond acceptors (Lipinski definition) is 3. The maximum absolute atomic E-state index is 13.0. The fraction of sp³-hybridized carbons (Fsp3) is 0.500. The Morgan fingerprint density at radius 1 is 1.20 bits per heavy atom. The van der Waals surface area contributed by atoms with Crippen molar-refractivity contribution in [3.63, 3.8) is 0 Å². The average Bonchev–Trinajstić information content (AvgIpc) is 2.68. The van der Waals surface area contributed by atoms with Gasteiger partial charge in [0.15, 0.2) is 0 Å². The molecule has 4 rings (SSSR count). The molecule has 4 nitrogen and oxygen atoms in total. The molecule has 0 aromatic heterocycles. The zero-order chi connectivity index (χ0) is 21.3. The molecule has 160 valence electrons. The van der Waals surface area contributed by atoms with Gasteiger partial charge in [-0.2, -0.15) is 0 Å². The molecule has 2 atom stereocenters. The van der Waals surface area contributed by atoms with Gasteiger partial charge in [-0.15, -0.1) is 0 Å². The lowest BCUT2D eigenvalue weighted by Gasteiger charge is -2.38. The lowest BCUT2D eigenvalue weighted by Crippen LogP contribution is -2.41. The summed E-state index contributed by atoms with van der Waals surface area (Å²) in [6.45, 7) is 11.9. The molecule has 0 saturated carbocycles. The van der Waals surface area contributed by atoms with E-state index in [1.165, 1.54) is 37.1 Å². The van der Waals surface area contributed by atoms with Gasteiger partial charge in [0.2, 0.25) is 0 Å². The number of piperidine rings is 1. The second kappa shape index (κ2) is 8.43. The molecule has 1 amide bonds. The zero-order valence-electron chi connectivity index (χ0n) is 18.7. The van der Waals surface area contributed by atoms with Crippen molar-refractivity contribution in [3.05, 3.63) is 64.7 Å². The van der Waals surface area contributed by atoms with Crippen LogP contribution in [0.5, 0.6) is 5.75 Å². The molecule has 2 aromatic carbocycles. The molecule has 2 aromatic rings. The number of rotatable bonds is 4. The first kappa shape index (κ1) is 20.9. The molecule has 2 aliphatic rings. The predicted molar refractivity (Wildman–Crippen MR) is 121 cm³/mol. The molecular formula is C26H34N2O2. The van der Waals surface area contributed by atoms with Gasteiger partial charge in [-0.1, -0.05) is 36.8 Å². The normalized spacial score (nSPS) is 23.3. The van der Waals surface area contributed by atoms with E-state index in [0.29, 0.717) is 5.56 Å². The Balaban J connectivity index is 1.44. The van der Waals surface area contributed by atoms with Crippen LogP contribution in [0.4, 0.5) is 0 Å². The average molecular weight is 407 g/mol. The Hall–Kier alpha value is -2.33. The smallest absolute Gasteiger partial charge is 0.251 e. The van der Waals surface area contributed by atoms with Crippen LogP contribution in [0.15, 0.2) is 42.5 Å². The van der Waals surface area contributed by atoms with Crippen LogP contribution in [0, 0.1) is 12.8 Å². The molecule has 0 aliphatic carbocycles. The standard InChI is InChI=1S/C26H34N2O2/c1-18-7-12-24-22(14-18)23(15-26(3,4)30-24)27-25(29)21-10-8-20(9-11-21)17-28-13-5-6-19(2)16-28/h7-12,14,19,23H,5-6,13,15-17H2,1-4H3,(H,27,29)/t19-,23+/m1/s1. The number of amides is 1. The first-order chi connectivity index (χ1) is 14.3. The van der Waals surface area contributed by atoms with E-state index in [1.54, 1.807) is 0 Å².